The maximum atomic E-state index is 12.0. The molecule has 0 aliphatic carbocycles. The molecule has 0 saturated heterocycles. The summed E-state index contributed by atoms with van der Waals surface area (Å²) in [6.07, 6.45) is 0. The fraction of sp³-hybridized carbons (Fsp3) is 0.0714. The van der Waals surface area contributed by atoms with Crippen LogP contribution in [0.4, 0.5) is 5.69 Å². The monoisotopic (exact) mass is 303 g/mol. The Morgan fingerprint density at radius 3 is 2.43 bits per heavy atom. The summed E-state index contributed by atoms with van der Waals surface area (Å²) in [7, 11) is -2.38. The number of anilines is 1. The summed E-state index contributed by atoms with van der Waals surface area (Å²) < 4.78 is 31.7. The SMILES string of the molecule is CNS(=O)(=O)c1cc(N)ccc1Oc1ccc(C#N)cc1. The van der Waals surface area contributed by atoms with Gasteiger partial charge in [-0.2, -0.15) is 5.26 Å². The summed E-state index contributed by atoms with van der Waals surface area (Å²) >= 11 is 0. The topological polar surface area (TPSA) is 105 Å². The smallest absolute Gasteiger partial charge is 0.244 e. The predicted octanol–water partition coefficient (Wildman–Crippen LogP) is 1.84. The number of sulfonamides is 1. The molecule has 0 aliphatic heterocycles. The first-order valence-electron chi connectivity index (χ1n) is 5.97. The lowest BCUT2D eigenvalue weighted by Gasteiger charge is -2.12. The minimum Gasteiger partial charge on any atom is -0.456 e. The van der Waals surface area contributed by atoms with E-state index in [0.717, 1.165) is 0 Å². The molecule has 2 aromatic rings. The van der Waals surface area contributed by atoms with Crippen molar-refractivity contribution in [3.63, 3.8) is 0 Å². The molecule has 0 heterocycles. The van der Waals surface area contributed by atoms with Crippen molar-refractivity contribution in [1.82, 2.24) is 4.72 Å². The lowest BCUT2D eigenvalue weighted by atomic mass is 10.2. The van der Waals surface area contributed by atoms with Crippen LogP contribution in [0.3, 0.4) is 0 Å². The van der Waals surface area contributed by atoms with Gasteiger partial charge in [-0.15, -0.1) is 0 Å². The van der Waals surface area contributed by atoms with Gasteiger partial charge in [0.1, 0.15) is 16.4 Å². The van der Waals surface area contributed by atoms with Crippen LogP contribution in [0, 0.1) is 11.3 Å². The van der Waals surface area contributed by atoms with Crippen LogP contribution in [0.2, 0.25) is 0 Å². The van der Waals surface area contributed by atoms with Crippen molar-refractivity contribution in [3.05, 3.63) is 48.0 Å². The molecular formula is C14H13N3O3S. The van der Waals surface area contributed by atoms with Crippen molar-refractivity contribution in [2.75, 3.05) is 12.8 Å². The van der Waals surface area contributed by atoms with Gasteiger partial charge in [-0.05, 0) is 49.5 Å². The number of nitrogens with one attached hydrogen (secondary N) is 1. The molecule has 0 spiro atoms. The molecule has 3 N–H and O–H groups in total. The van der Waals surface area contributed by atoms with Gasteiger partial charge in [0.15, 0.2) is 0 Å². The molecule has 0 bridgehead atoms. The minimum absolute atomic E-state index is 0.0469. The number of nitrogen functional groups attached to an aromatic ring is 1. The standard InChI is InChI=1S/C14H13N3O3S/c1-17-21(18,19)14-8-11(16)4-7-13(14)20-12-5-2-10(9-15)3-6-12/h2-8,17H,16H2,1H3. The molecule has 0 saturated carbocycles. The fourth-order valence-electron chi connectivity index (χ4n) is 1.65. The third-order valence-corrected chi connectivity index (χ3v) is 4.17. The molecule has 0 aromatic heterocycles. The summed E-state index contributed by atoms with van der Waals surface area (Å²) in [4.78, 5) is -0.0469. The summed E-state index contributed by atoms with van der Waals surface area (Å²) in [6.45, 7) is 0. The predicted molar refractivity (Wildman–Crippen MR) is 78.3 cm³/mol. The lowest BCUT2D eigenvalue weighted by molar-refractivity contribution is 0.467. The van der Waals surface area contributed by atoms with E-state index >= 15 is 0 Å². The number of nitrogens with two attached hydrogens (primary N) is 1. The largest absolute Gasteiger partial charge is 0.456 e. The number of nitrogens with zero attached hydrogens (tertiary/aromatic N) is 1. The van der Waals surface area contributed by atoms with E-state index < -0.39 is 10.0 Å². The van der Waals surface area contributed by atoms with E-state index in [1.54, 1.807) is 30.3 Å². The summed E-state index contributed by atoms with van der Waals surface area (Å²) in [5.74, 6) is 0.578. The molecule has 7 heteroatoms. The number of hydrogen-bond acceptors (Lipinski definition) is 5. The van der Waals surface area contributed by atoms with Gasteiger partial charge in [-0.25, -0.2) is 13.1 Å². The third kappa shape index (κ3) is 3.31. The molecule has 0 amide bonds. The highest BCUT2D eigenvalue weighted by Crippen LogP contribution is 2.30. The van der Waals surface area contributed by atoms with Gasteiger partial charge in [0.05, 0.1) is 11.6 Å². The Morgan fingerprint density at radius 2 is 1.86 bits per heavy atom. The van der Waals surface area contributed by atoms with Crippen molar-refractivity contribution >= 4 is 15.7 Å². The van der Waals surface area contributed by atoms with Crippen LogP contribution in [0.1, 0.15) is 5.56 Å². The Bertz CT molecular complexity index is 793. The van der Waals surface area contributed by atoms with Crippen LogP contribution in [0.25, 0.3) is 0 Å². The average Bonchev–Trinajstić information content (AvgIpc) is 2.49. The highest BCUT2D eigenvalue weighted by Gasteiger charge is 2.18. The van der Waals surface area contributed by atoms with Crippen LogP contribution < -0.4 is 15.2 Å². The zero-order valence-electron chi connectivity index (χ0n) is 11.2. The number of rotatable bonds is 4. The molecule has 6 nitrogen and oxygen atoms in total. The van der Waals surface area contributed by atoms with Crippen LogP contribution in [-0.4, -0.2) is 15.5 Å². The van der Waals surface area contributed by atoms with Crippen molar-refractivity contribution in [1.29, 1.82) is 5.26 Å². The quantitative estimate of drug-likeness (QED) is 0.838. The molecule has 0 aliphatic rings. The Labute approximate surface area is 122 Å². The molecular weight excluding hydrogens is 290 g/mol. The average molecular weight is 303 g/mol. The first-order chi connectivity index (χ1) is 9.96. The van der Waals surface area contributed by atoms with E-state index in [4.69, 9.17) is 15.7 Å². The molecule has 0 unspecified atom stereocenters. The second kappa shape index (κ2) is 5.83. The molecule has 2 rings (SSSR count). The van der Waals surface area contributed by atoms with Gasteiger partial charge in [0.2, 0.25) is 10.0 Å². The van der Waals surface area contributed by atoms with Gasteiger partial charge >= 0.3 is 0 Å². The number of hydrogen-bond donors (Lipinski definition) is 2. The molecule has 0 atom stereocenters. The highest BCUT2D eigenvalue weighted by molar-refractivity contribution is 7.89. The summed E-state index contributed by atoms with van der Waals surface area (Å²) in [5, 5.41) is 8.74. The van der Waals surface area contributed by atoms with Crippen molar-refractivity contribution in [3.8, 4) is 17.6 Å². The summed E-state index contributed by atoms with van der Waals surface area (Å²) in [5.41, 5.74) is 6.43. The number of nitriles is 1. The van der Waals surface area contributed by atoms with E-state index in [1.165, 1.54) is 19.2 Å². The van der Waals surface area contributed by atoms with Crippen molar-refractivity contribution in [2.45, 2.75) is 4.90 Å². The molecule has 2 aromatic carbocycles. The zero-order chi connectivity index (χ0) is 15.5. The third-order valence-electron chi connectivity index (χ3n) is 2.74. The van der Waals surface area contributed by atoms with Gasteiger partial charge in [0.25, 0.3) is 0 Å². The Hall–Kier alpha value is -2.56. The van der Waals surface area contributed by atoms with Gasteiger partial charge in [-0.3, -0.25) is 0 Å². The van der Waals surface area contributed by atoms with E-state index in [2.05, 4.69) is 4.72 Å². The first-order valence-corrected chi connectivity index (χ1v) is 7.45. The van der Waals surface area contributed by atoms with Crippen LogP contribution >= 0.6 is 0 Å². The maximum Gasteiger partial charge on any atom is 0.244 e. The number of ether oxygens (including phenoxy) is 1. The minimum atomic E-state index is -3.69. The number of benzene rings is 2. The first kappa shape index (κ1) is 14.8. The normalized spacial score (nSPS) is 10.9. The van der Waals surface area contributed by atoms with Crippen LogP contribution in [0.15, 0.2) is 47.4 Å². The maximum absolute atomic E-state index is 12.0. The molecule has 108 valence electrons. The van der Waals surface area contributed by atoms with E-state index in [1.807, 2.05) is 6.07 Å². The molecule has 0 radical (unpaired) electrons. The molecule has 0 fully saturated rings. The van der Waals surface area contributed by atoms with Crippen LogP contribution in [-0.2, 0) is 10.0 Å². The fourth-order valence-corrected chi connectivity index (χ4v) is 2.54. The Balaban J connectivity index is 2.42. The van der Waals surface area contributed by atoms with Crippen molar-refractivity contribution in [2.24, 2.45) is 0 Å². The zero-order valence-corrected chi connectivity index (χ0v) is 12.0. The van der Waals surface area contributed by atoms with Crippen molar-refractivity contribution < 1.29 is 13.2 Å². The second-order valence-electron chi connectivity index (χ2n) is 4.15. The van der Waals surface area contributed by atoms with Gasteiger partial charge < -0.3 is 10.5 Å². The second-order valence-corrected chi connectivity index (χ2v) is 6.01. The highest BCUT2D eigenvalue weighted by atomic mass is 32.2. The Kier molecular flexibility index (Phi) is 4.12. The van der Waals surface area contributed by atoms with Gasteiger partial charge in [0, 0.05) is 5.69 Å². The van der Waals surface area contributed by atoms with E-state index in [0.29, 0.717) is 17.0 Å². The van der Waals surface area contributed by atoms with Gasteiger partial charge in [-0.1, -0.05) is 0 Å². The van der Waals surface area contributed by atoms with E-state index in [9.17, 15) is 8.42 Å². The lowest BCUT2D eigenvalue weighted by Crippen LogP contribution is -2.19. The van der Waals surface area contributed by atoms with Crippen LogP contribution in [0.5, 0.6) is 11.5 Å². The Morgan fingerprint density at radius 1 is 1.19 bits per heavy atom. The summed E-state index contributed by atoms with van der Waals surface area (Å²) in [6, 6.07) is 12.7. The van der Waals surface area contributed by atoms with E-state index in [-0.39, 0.29) is 10.6 Å². The molecule has 21 heavy (non-hydrogen) atoms.